The SMILES string of the molecule is COc1ccc(Cl)cc1C(=O)NCC(C)(C)c1ccccc1. The second-order valence-corrected chi connectivity index (χ2v) is 6.21. The first kappa shape index (κ1) is 16.4. The van der Waals surface area contributed by atoms with Crippen molar-refractivity contribution in [3.63, 3.8) is 0 Å². The Balaban J connectivity index is 2.12. The molecule has 0 saturated carbocycles. The Morgan fingerprint density at radius 3 is 2.50 bits per heavy atom. The van der Waals surface area contributed by atoms with E-state index < -0.39 is 0 Å². The van der Waals surface area contributed by atoms with E-state index in [4.69, 9.17) is 16.3 Å². The van der Waals surface area contributed by atoms with Gasteiger partial charge in [-0.3, -0.25) is 4.79 Å². The van der Waals surface area contributed by atoms with Crippen LogP contribution in [0.15, 0.2) is 48.5 Å². The molecule has 0 aliphatic rings. The molecule has 0 fully saturated rings. The van der Waals surface area contributed by atoms with E-state index in [0.717, 1.165) is 0 Å². The standard InChI is InChI=1S/C18H20ClNO2/c1-18(2,13-7-5-4-6-8-13)12-20-17(21)15-11-14(19)9-10-16(15)22-3/h4-11H,12H2,1-3H3,(H,20,21). The maximum absolute atomic E-state index is 12.4. The van der Waals surface area contributed by atoms with Crippen molar-refractivity contribution in [3.05, 3.63) is 64.7 Å². The lowest BCUT2D eigenvalue weighted by atomic mass is 9.84. The van der Waals surface area contributed by atoms with Crippen molar-refractivity contribution in [1.29, 1.82) is 0 Å². The summed E-state index contributed by atoms with van der Waals surface area (Å²) in [6.45, 7) is 4.71. The van der Waals surface area contributed by atoms with E-state index >= 15 is 0 Å². The van der Waals surface area contributed by atoms with E-state index in [2.05, 4.69) is 31.3 Å². The van der Waals surface area contributed by atoms with Crippen LogP contribution in [0.3, 0.4) is 0 Å². The fourth-order valence-corrected chi connectivity index (χ4v) is 2.42. The Kier molecular flexibility index (Phi) is 5.09. The van der Waals surface area contributed by atoms with Gasteiger partial charge in [0, 0.05) is 17.0 Å². The lowest BCUT2D eigenvalue weighted by Crippen LogP contribution is -2.36. The third-order valence-electron chi connectivity index (χ3n) is 3.65. The minimum absolute atomic E-state index is 0.164. The van der Waals surface area contributed by atoms with Crippen LogP contribution < -0.4 is 10.1 Å². The van der Waals surface area contributed by atoms with Crippen LogP contribution in [0.25, 0.3) is 0 Å². The summed E-state index contributed by atoms with van der Waals surface area (Å²) in [5.41, 5.74) is 1.45. The zero-order valence-electron chi connectivity index (χ0n) is 13.0. The minimum Gasteiger partial charge on any atom is -0.496 e. The van der Waals surface area contributed by atoms with Gasteiger partial charge < -0.3 is 10.1 Å². The third kappa shape index (κ3) is 3.80. The van der Waals surface area contributed by atoms with Gasteiger partial charge in [0.2, 0.25) is 0 Å². The van der Waals surface area contributed by atoms with Crippen LogP contribution in [0.5, 0.6) is 5.75 Å². The van der Waals surface area contributed by atoms with Crippen LogP contribution in [-0.4, -0.2) is 19.6 Å². The molecule has 0 unspecified atom stereocenters. The molecule has 4 heteroatoms. The highest BCUT2D eigenvalue weighted by Gasteiger charge is 2.22. The monoisotopic (exact) mass is 317 g/mol. The lowest BCUT2D eigenvalue weighted by molar-refractivity contribution is 0.0942. The van der Waals surface area contributed by atoms with E-state index in [1.807, 2.05) is 18.2 Å². The van der Waals surface area contributed by atoms with Crippen molar-refractivity contribution in [2.24, 2.45) is 0 Å². The van der Waals surface area contributed by atoms with Crippen molar-refractivity contribution in [3.8, 4) is 5.75 Å². The zero-order chi connectivity index (χ0) is 16.2. The van der Waals surface area contributed by atoms with Crippen LogP contribution in [-0.2, 0) is 5.41 Å². The summed E-state index contributed by atoms with van der Waals surface area (Å²) in [6.07, 6.45) is 0. The second-order valence-electron chi connectivity index (χ2n) is 5.78. The van der Waals surface area contributed by atoms with Gasteiger partial charge in [0.05, 0.1) is 12.7 Å². The van der Waals surface area contributed by atoms with E-state index in [-0.39, 0.29) is 11.3 Å². The van der Waals surface area contributed by atoms with Crippen molar-refractivity contribution in [2.45, 2.75) is 19.3 Å². The number of hydrogen-bond acceptors (Lipinski definition) is 2. The molecule has 3 nitrogen and oxygen atoms in total. The number of nitrogens with one attached hydrogen (secondary N) is 1. The highest BCUT2D eigenvalue weighted by atomic mass is 35.5. The van der Waals surface area contributed by atoms with Crippen LogP contribution in [0.2, 0.25) is 5.02 Å². The number of halogens is 1. The number of carbonyl (C=O) groups excluding carboxylic acids is 1. The summed E-state index contributed by atoms with van der Waals surface area (Å²) in [6, 6.07) is 15.1. The zero-order valence-corrected chi connectivity index (χ0v) is 13.8. The number of amides is 1. The number of methoxy groups -OCH3 is 1. The first-order chi connectivity index (χ1) is 10.4. The summed E-state index contributed by atoms with van der Waals surface area (Å²) in [5, 5.41) is 3.47. The summed E-state index contributed by atoms with van der Waals surface area (Å²) in [4.78, 5) is 12.4. The molecule has 2 rings (SSSR count). The number of benzene rings is 2. The van der Waals surface area contributed by atoms with E-state index in [1.54, 1.807) is 18.2 Å². The molecular formula is C18H20ClNO2. The lowest BCUT2D eigenvalue weighted by Gasteiger charge is -2.25. The van der Waals surface area contributed by atoms with Gasteiger partial charge in [0.1, 0.15) is 5.75 Å². The Morgan fingerprint density at radius 1 is 1.18 bits per heavy atom. The molecular weight excluding hydrogens is 298 g/mol. The van der Waals surface area contributed by atoms with Gasteiger partial charge in [-0.05, 0) is 23.8 Å². The Labute approximate surface area is 136 Å². The van der Waals surface area contributed by atoms with Crippen LogP contribution in [0.4, 0.5) is 0 Å². The number of hydrogen-bond donors (Lipinski definition) is 1. The molecule has 2 aromatic carbocycles. The molecule has 0 aromatic heterocycles. The smallest absolute Gasteiger partial charge is 0.255 e. The summed E-state index contributed by atoms with van der Waals surface area (Å²) < 4.78 is 5.22. The molecule has 22 heavy (non-hydrogen) atoms. The molecule has 0 bridgehead atoms. The van der Waals surface area contributed by atoms with Crippen molar-refractivity contribution >= 4 is 17.5 Å². The summed E-state index contributed by atoms with van der Waals surface area (Å²) >= 11 is 5.97. The molecule has 0 radical (unpaired) electrons. The van der Waals surface area contributed by atoms with Gasteiger partial charge in [-0.15, -0.1) is 0 Å². The Hall–Kier alpha value is -2.00. The fraction of sp³-hybridized carbons (Fsp3) is 0.278. The summed E-state index contributed by atoms with van der Waals surface area (Å²) in [7, 11) is 1.54. The summed E-state index contributed by atoms with van der Waals surface area (Å²) in [5.74, 6) is 0.322. The van der Waals surface area contributed by atoms with Crippen LogP contribution >= 0.6 is 11.6 Å². The molecule has 0 aliphatic carbocycles. The number of rotatable bonds is 5. The molecule has 0 aliphatic heterocycles. The van der Waals surface area contributed by atoms with Gasteiger partial charge in [0.15, 0.2) is 0 Å². The molecule has 0 spiro atoms. The fourth-order valence-electron chi connectivity index (χ4n) is 2.25. The maximum Gasteiger partial charge on any atom is 0.255 e. The van der Waals surface area contributed by atoms with E-state index in [1.165, 1.54) is 12.7 Å². The van der Waals surface area contributed by atoms with Crippen molar-refractivity contribution < 1.29 is 9.53 Å². The quantitative estimate of drug-likeness (QED) is 0.903. The predicted octanol–water partition coefficient (Wildman–Crippen LogP) is 4.06. The Bertz CT molecular complexity index is 653. The minimum atomic E-state index is -0.191. The number of carbonyl (C=O) groups is 1. The largest absolute Gasteiger partial charge is 0.496 e. The predicted molar refractivity (Wildman–Crippen MR) is 89.8 cm³/mol. The molecule has 0 saturated heterocycles. The number of ether oxygens (including phenoxy) is 1. The van der Waals surface area contributed by atoms with Crippen molar-refractivity contribution in [2.75, 3.05) is 13.7 Å². The molecule has 1 amide bonds. The first-order valence-electron chi connectivity index (χ1n) is 7.11. The molecule has 2 aromatic rings. The van der Waals surface area contributed by atoms with Gasteiger partial charge in [-0.2, -0.15) is 0 Å². The van der Waals surface area contributed by atoms with Gasteiger partial charge >= 0.3 is 0 Å². The highest BCUT2D eigenvalue weighted by molar-refractivity contribution is 6.31. The first-order valence-corrected chi connectivity index (χ1v) is 7.49. The van der Waals surface area contributed by atoms with Gasteiger partial charge in [-0.25, -0.2) is 0 Å². The molecule has 116 valence electrons. The highest BCUT2D eigenvalue weighted by Crippen LogP contribution is 2.24. The van der Waals surface area contributed by atoms with Gasteiger partial charge in [-0.1, -0.05) is 55.8 Å². The molecule has 0 atom stereocenters. The van der Waals surface area contributed by atoms with Gasteiger partial charge in [0.25, 0.3) is 5.91 Å². The molecule has 0 heterocycles. The second kappa shape index (κ2) is 6.84. The van der Waals surface area contributed by atoms with E-state index in [9.17, 15) is 4.79 Å². The third-order valence-corrected chi connectivity index (χ3v) is 3.89. The van der Waals surface area contributed by atoms with Crippen molar-refractivity contribution in [1.82, 2.24) is 5.32 Å². The topological polar surface area (TPSA) is 38.3 Å². The maximum atomic E-state index is 12.4. The normalized spacial score (nSPS) is 11.1. The molecule has 1 N–H and O–H groups in total. The van der Waals surface area contributed by atoms with Crippen LogP contribution in [0.1, 0.15) is 29.8 Å². The average Bonchev–Trinajstić information content (AvgIpc) is 2.53. The van der Waals surface area contributed by atoms with Crippen LogP contribution in [0, 0.1) is 0 Å². The van der Waals surface area contributed by atoms with E-state index in [0.29, 0.717) is 22.9 Å². The Morgan fingerprint density at radius 2 is 1.86 bits per heavy atom. The average molecular weight is 318 g/mol.